The number of anilines is 2. The zero-order valence-electron chi connectivity index (χ0n) is 20.1. The van der Waals surface area contributed by atoms with Crippen LogP contribution >= 0.6 is 0 Å². The molecule has 0 atom stereocenters. The summed E-state index contributed by atoms with van der Waals surface area (Å²) in [7, 11) is 0. The number of amides is 2. The highest BCUT2D eigenvalue weighted by Gasteiger charge is 2.25. The lowest BCUT2D eigenvalue weighted by Gasteiger charge is -2.35. The molecule has 35 heavy (non-hydrogen) atoms. The van der Waals surface area contributed by atoms with Gasteiger partial charge < -0.3 is 15.1 Å². The van der Waals surface area contributed by atoms with E-state index in [1.807, 2.05) is 85.5 Å². The summed E-state index contributed by atoms with van der Waals surface area (Å²) >= 11 is 0. The highest BCUT2D eigenvalue weighted by atomic mass is 16.2. The Balaban J connectivity index is 1.35. The summed E-state index contributed by atoms with van der Waals surface area (Å²) in [5, 5.41) is 3.01. The molecule has 4 aromatic rings. The predicted molar refractivity (Wildman–Crippen MR) is 140 cm³/mol. The van der Waals surface area contributed by atoms with Gasteiger partial charge in [-0.2, -0.15) is 0 Å². The van der Waals surface area contributed by atoms with Crippen molar-refractivity contribution in [1.82, 2.24) is 14.5 Å². The summed E-state index contributed by atoms with van der Waals surface area (Å²) in [5.41, 5.74) is 5.57. The van der Waals surface area contributed by atoms with E-state index in [0.29, 0.717) is 38.5 Å². The third-order valence-corrected chi connectivity index (χ3v) is 6.36. The molecule has 0 saturated carbocycles. The van der Waals surface area contributed by atoms with Crippen molar-refractivity contribution in [3.8, 4) is 0 Å². The number of para-hydroxylation sites is 2. The molecule has 0 spiro atoms. The fourth-order valence-corrected chi connectivity index (χ4v) is 4.68. The van der Waals surface area contributed by atoms with Crippen LogP contribution in [0.4, 0.5) is 16.3 Å². The molecule has 1 saturated heterocycles. The molecule has 2 amide bonds. The first-order valence-corrected chi connectivity index (χ1v) is 11.9. The fraction of sp³-hybridized carbons (Fsp3) is 0.250. The smallest absolute Gasteiger partial charge is 0.321 e. The predicted octanol–water partition coefficient (Wildman–Crippen LogP) is 4.42. The van der Waals surface area contributed by atoms with Gasteiger partial charge in [-0.15, -0.1) is 0 Å². The number of hydrogen-bond donors (Lipinski definition) is 1. The number of piperazine rings is 1. The molecule has 1 fully saturated rings. The number of carbonyl (C=O) groups is 1. The molecule has 1 aliphatic heterocycles. The van der Waals surface area contributed by atoms with Crippen molar-refractivity contribution in [3.63, 3.8) is 0 Å². The lowest BCUT2D eigenvalue weighted by molar-refractivity contribution is 0.208. The molecule has 1 aliphatic rings. The summed E-state index contributed by atoms with van der Waals surface area (Å²) in [6, 6.07) is 23.6. The van der Waals surface area contributed by atoms with Crippen molar-refractivity contribution in [1.29, 1.82) is 0 Å². The normalized spacial score (nSPS) is 13.8. The van der Waals surface area contributed by atoms with E-state index >= 15 is 0 Å². The number of aromatic nitrogens is 2. The average molecular weight is 468 g/mol. The number of rotatable bonds is 4. The third-order valence-electron chi connectivity index (χ3n) is 6.36. The number of aryl methyl sites for hydroxylation is 2. The standard InChI is InChI=1S/C28H29N5O2/c1-20-16-21(2)18-23(17-20)29-28(35)32-14-12-31(13-15-32)26-27(34)33(19-22-8-4-3-5-9-22)25-11-7-6-10-24(25)30-26/h3-11,16-18H,12-15,19H2,1-2H3,(H,29,35). The minimum Gasteiger partial charge on any atom is -0.348 e. The van der Waals surface area contributed by atoms with Gasteiger partial charge in [0.05, 0.1) is 17.6 Å². The van der Waals surface area contributed by atoms with E-state index in [0.717, 1.165) is 33.4 Å². The van der Waals surface area contributed by atoms with E-state index in [2.05, 4.69) is 11.4 Å². The maximum atomic E-state index is 13.6. The van der Waals surface area contributed by atoms with Crippen LogP contribution in [0.3, 0.4) is 0 Å². The highest BCUT2D eigenvalue weighted by molar-refractivity contribution is 5.89. The molecule has 0 bridgehead atoms. The van der Waals surface area contributed by atoms with Crippen LogP contribution in [0, 0.1) is 13.8 Å². The van der Waals surface area contributed by atoms with Gasteiger partial charge in [-0.3, -0.25) is 9.36 Å². The van der Waals surface area contributed by atoms with Crippen LogP contribution in [0.5, 0.6) is 0 Å². The van der Waals surface area contributed by atoms with Crippen LogP contribution in [0.1, 0.15) is 16.7 Å². The van der Waals surface area contributed by atoms with E-state index in [1.54, 1.807) is 9.47 Å². The second-order valence-electron chi connectivity index (χ2n) is 9.08. The minimum atomic E-state index is -0.123. The second kappa shape index (κ2) is 9.62. The molecular weight excluding hydrogens is 438 g/mol. The Labute approximate surface area is 204 Å². The summed E-state index contributed by atoms with van der Waals surface area (Å²) in [6.45, 7) is 6.64. The Morgan fingerprint density at radius 3 is 2.26 bits per heavy atom. The molecule has 178 valence electrons. The van der Waals surface area contributed by atoms with Crippen LogP contribution < -0.4 is 15.8 Å². The number of fused-ring (bicyclic) bond motifs is 1. The van der Waals surface area contributed by atoms with Gasteiger partial charge in [-0.25, -0.2) is 9.78 Å². The highest BCUT2D eigenvalue weighted by Crippen LogP contribution is 2.19. The summed E-state index contributed by atoms with van der Waals surface area (Å²) in [4.78, 5) is 34.9. The van der Waals surface area contributed by atoms with Gasteiger partial charge in [0.2, 0.25) is 0 Å². The van der Waals surface area contributed by atoms with Crippen molar-refractivity contribution < 1.29 is 4.79 Å². The van der Waals surface area contributed by atoms with Crippen molar-refractivity contribution in [3.05, 3.63) is 99.8 Å². The number of urea groups is 1. The number of benzene rings is 3. The summed E-state index contributed by atoms with van der Waals surface area (Å²) < 4.78 is 1.80. The number of nitrogens with zero attached hydrogens (tertiary/aromatic N) is 4. The summed E-state index contributed by atoms with van der Waals surface area (Å²) in [5.74, 6) is 0.439. The monoisotopic (exact) mass is 467 g/mol. The van der Waals surface area contributed by atoms with Gasteiger partial charge >= 0.3 is 6.03 Å². The average Bonchev–Trinajstić information content (AvgIpc) is 2.86. The van der Waals surface area contributed by atoms with E-state index in [4.69, 9.17) is 4.98 Å². The first-order valence-electron chi connectivity index (χ1n) is 11.9. The van der Waals surface area contributed by atoms with Gasteiger partial charge in [-0.1, -0.05) is 48.5 Å². The second-order valence-corrected chi connectivity index (χ2v) is 9.08. The fourth-order valence-electron chi connectivity index (χ4n) is 4.68. The van der Waals surface area contributed by atoms with E-state index in [9.17, 15) is 9.59 Å². The van der Waals surface area contributed by atoms with Crippen molar-refractivity contribution in [2.75, 3.05) is 36.4 Å². The quantitative estimate of drug-likeness (QED) is 0.483. The van der Waals surface area contributed by atoms with Gasteiger partial charge in [-0.05, 0) is 54.8 Å². The third kappa shape index (κ3) is 4.89. The maximum absolute atomic E-state index is 13.6. The Hall–Kier alpha value is -4.13. The molecule has 7 heteroatoms. The zero-order valence-corrected chi connectivity index (χ0v) is 20.1. The van der Waals surface area contributed by atoms with Gasteiger partial charge in [0.25, 0.3) is 5.56 Å². The van der Waals surface area contributed by atoms with Crippen LogP contribution in [-0.2, 0) is 6.54 Å². The SMILES string of the molecule is Cc1cc(C)cc(NC(=O)N2CCN(c3nc4ccccc4n(Cc4ccccc4)c3=O)CC2)c1. The van der Waals surface area contributed by atoms with Gasteiger partial charge in [0.1, 0.15) is 0 Å². The van der Waals surface area contributed by atoms with E-state index in [1.165, 1.54) is 0 Å². The number of carbonyl (C=O) groups excluding carboxylic acids is 1. The van der Waals surface area contributed by atoms with Crippen LogP contribution in [-0.4, -0.2) is 46.7 Å². The molecular formula is C28H29N5O2. The Morgan fingerprint density at radius 1 is 0.886 bits per heavy atom. The minimum absolute atomic E-state index is 0.110. The topological polar surface area (TPSA) is 70.5 Å². The Morgan fingerprint density at radius 2 is 1.54 bits per heavy atom. The lowest BCUT2D eigenvalue weighted by Crippen LogP contribution is -2.51. The first-order chi connectivity index (χ1) is 17.0. The molecule has 0 aliphatic carbocycles. The molecule has 2 heterocycles. The molecule has 0 radical (unpaired) electrons. The van der Waals surface area contributed by atoms with E-state index < -0.39 is 0 Å². The van der Waals surface area contributed by atoms with E-state index in [-0.39, 0.29) is 11.6 Å². The molecule has 1 N–H and O–H groups in total. The van der Waals surface area contributed by atoms with Crippen molar-refractivity contribution >= 4 is 28.6 Å². The molecule has 5 rings (SSSR count). The molecule has 7 nitrogen and oxygen atoms in total. The van der Waals surface area contributed by atoms with Crippen molar-refractivity contribution in [2.24, 2.45) is 0 Å². The van der Waals surface area contributed by atoms with Gasteiger partial charge in [0.15, 0.2) is 5.82 Å². The molecule has 0 unspecified atom stereocenters. The first kappa shape index (κ1) is 22.7. The molecule has 1 aromatic heterocycles. The van der Waals surface area contributed by atoms with Crippen molar-refractivity contribution in [2.45, 2.75) is 20.4 Å². The lowest BCUT2D eigenvalue weighted by atomic mass is 10.1. The van der Waals surface area contributed by atoms with Crippen LogP contribution in [0.15, 0.2) is 77.6 Å². The largest absolute Gasteiger partial charge is 0.348 e. The van der Waals surface area contributed by atoms with Gasteiger partial charge in [0, 0.05) is 31.9 Å². The van der Waals surface area contributed by atoms with Crippen LogP contribution in [0.2, 0.25) is 0 Å². The zero-order chi connectivity index (χ0) is 24.4. The summed E-state index contributed by atoms with van der Waals surface area (Å²) in [6.07, 6.45) is 0. The maximum Gasteiger partial charge on any atom is 0.321 e. The van der Waals surface area contributed by atoms with Crippen LogP contribution in [0.25, 0.3) is 11.0 Å². The number of nitrogens with one attached hydrogen (secondary N) is 1. The number of hydrogen-bond acceptors (Lipinski definition) is 4. The Bertz CT molecular complexity index is 1400. The molecule has 3 aromatic carbocycles. The Kier molecular flexibility index (Phi) is 6.23.